The van der Waals surface area contributed by atoms with Gasteiger partial charge in [-0.15, -0.1) is 0 Å². The zero-order chi connectivity index (χ0) is 10.6. The van der Waals surface area contributed by atoms with Gasteiger partial charge < -0.3 is 0 Å². The Morgan fingerprint density at radius 3 is 2.50 bits per heavy atom. The fraction of sp³-hybridized carbons (Fsp3) is 0.600. The molecule has 4 heteroatoms. The molecule has 14 heavy (non-hydrogen) atoms. The Hall–Kier alpha value is -0.432. The van der Waals surface area contributed by atoms with E-state index in [9.17, 15) is 4.91 Å². The van der Waals surface area contributed by atoms with E-state index in [-0.39, 0.29) is 0 Å². The van der Waals surface area contributed by atoms with E-state index in [4.69, 9.17) is 0 Å². The quantitative estimate of drug-likeness (QED) is 0.801. The Morgan fingerprint density at radius 2 is 2.14 bits per heavy atom. The second-order valence-electron chi connectivity index (χ2n) is 3.42. The number of aromatic nitrogens is 1. The summed E-state index contributed by atoms with van der Waals surface area (Å²) in [5.74, 6) is 0. The van der Waals surface area contributed by atoms with Gasteiger partial charge in [0.2, 0.25) is 0 Å². The summed E-state index contributed by atoms with van der Waals surface area (Å²) in [4.78, 5) is 16.4. The first-order valence-electron chi connectivity index (χ1n) is 4.97. The molecular formula is C10H18N2OW. The van der Waals surface area contributed by atoms with Crippen LogP contribution in [0.25, 0.3) is 0 Å². The zero-order valence-electron chi connectivity index (χ0n) is 9.04. The summed E-state index contributed by atoms with van der Waals surface area (Å²) < 4.78 is 4.70. The van der Waals surface area contributed by atoms with Gasteiger partial charge in [-0.25, -0.2) is 0 Å². The monoisotopic (exact) mass is 366 g/mol. The molecule has 0 aliphatic rings. The number of hydrogen-bond donors (Lipinski definition) is 1. The molecule has 1 aromatic rings. The van der Waals surface area contributed by atoms with Crippen LogP contribution in [0, 0.1) is 11.8 Å². The standard InChI is InChI=1S/C5H6N.C3H7.C2H5.NO.W/c1-5-3-2-4-6-5;1-3-2;2*1-2;/h2-3,6H,1H3;1,3H2,2H3;1H2,2H3;;/q;;;-1;+1. The summed E-state index contributed by atoms with van der Waals surface area (Å²) in [6, 6.07) is 4.10. The molecule has 0 spiro atoms. The molecule has 1 rings (SSSR count). The molecule has 0 amide bonds. The van der Waals surface area contributed by atoms with E-state index in [2.05, 4.69) is 28.6 Å². The Balaban J connectivity index is 3.03. The number of nitrogens with zero attached hydrogens (tertiary/aromatic N) is 1. The van der Waals surface area contributed by atoms with Crippen LogP contribution in [0.15, 0.2) is 15.9 Å². The van der Waals surface area contributed by atoms with Gasteiger partial charge in [-0.1, -0.05) is 0 Å². The van der Waals surface area contributed by atoms with Crippen molar-refractivity contribution in [1.29, 1.82) is 0 Å². The molecule has 0 saturated carbocycles. The van der Waals surface area contributed by atoms with Crippen molar-refractivity contribution in [2.75, 3.05) is 0 Å². The van der Waals surface area contributed by atoms with Crippen molar-refractivity contribution in [2.24, 2.45) is 3.74 Å². The second kappa shape index (κ2) is 4.88. The summed E-state index contributed by atoms with van der Waals surface area (Å²) in [7, 11) is 0. The van der Waals surface area contributed by atoms with E-state index in [1.807, 2.05) is 13.0 Å². The van der Waals surface area contributed by atoms with E-state index in [0.29, 0.717) is 0 Å². The molecular weight excluding hydrogens is 348 g/mol. The average Bonchev–Trinajstić information content (AvgIpc) is 2.62. The SMILES string of the molecule is CC[CH2][W]([CH2]C)([N]=O)[c]1ccc(C)[nH]1. The number of hydrogen-bond acceptors (Lipinski definition) is 2. The molecule has 0 fully saturated rings. The van der Waals surface area contributed by atoms with E-state index in [1.54, 1.807) is 0 Å². The summed E-state index contributed by atoms with van der Waals surface area (Å²) >= 11 is -2.86. The molecule has 0 aliphatic heterocycles. The van der Waals surface area contributed by atoms with Crippen molar-refractivity contribution in [2.45, 2.75) is 36.8 Å². The summed E-state index contributed by atoms with van der Waals surface area (Å²) in [5, 5.41) is 0. The van der Waals surface area contributed by atoms with Gasteiger partial charge in [0.1, 0.15) is 0 Å². The Bertz CT molecular complexity index is 311. The van der Waals surface area contributed by atoms with Crippen LogP contribution in [0.2, 0.25) is 9.62 Å². The van der Waals surface area contributed by atoms with Crippen molar-refractivity contribution >= 4 is 4.08 Å². The van der Waals surface area contributed by atoms with Crippen LogP contribution in [0.3, 0.4) is 0 Å². The van der Waals surface area contributed by atoms with Crippen molar-refractivity contribution in [3.63, 3.8) is 0 Å². The maximum atomic E-state index is 11.1. The minimum atomic E-state index is -2.86. The molecule has 0 saturated heterocycles. The molecule has 1 unspecified atom stereocenters. The van der Waals surface area contributed by atoms with Crippen LogP contribution in [0.5, 0.6) is 0 Å². The molecule has 0 radical (unpaired) electrons. The number of H-pyrrole nitrogens is 1. The summed E-state index contributed by atoms with van der Waals surface area (Å²) in [6.07, 6.45) is 1.06. The van der Waals surface area contributed by atoms with E-state index in [1.165, 1.54) is 0 Å². The average molecular weight is 366 g/mol. The van der Waals surface area contributed by atoms with Gasteiger partial charge in [-0.2, -0.15) is 0 Å². The van der Waals surface area contributed by atoms with E-state index >= 15 is 0 Å². The van der Waals surface area contributed by atoms with Crippen LogP contribution in [0.1, 0.15) is 26.0 Å². The van der Waals surface area contributed by atoms with E-state index in [0.717, 1.165) is 25.8 Å². The summed E-state index contributed by atoms with van der Waals surface area (Å²) in [6.45, 7) is 6.25. The molecule has 1 N–H and O–H groups in total. The van der Waals surface area contributed by atoms with Gasteiger partial charge in [-0.05, 0) is 0 Å². The van der Waals surface area contributed by atoms with Crippen LogP contribution in [0.4, 0.5) is 0 Å². The van der Waals surface area contributed by atoms with Gasteiger partial charge in [0, 0.05) is 0 Å². The first-order valence-corrected chi connectivity index (χ1v) is 11.9. The third-order valence-electron chi connectivity index (χ3n) is 2.38. The third-order valence-corrected chi connectivity index (χ3v) is 14.5. The van der Waals surface area contributed by atoms with Crippen LogP contribution < -0.4 is 4.08 Å². The van der Waals surface area contributed by atoms with Crippen LogP contribution >= 0.6 is 0 Å². The van der Waals surface area contributed by atoms with Crippen LogP contribution in [-0.2, 0) is 16.3 Å². The maximum absolute atomic E-state index is 11.1. The number of rotatable bonds is 5. The molecule has 0 aliphatic carbocycles. The predicted molar refractivity (Wildman–Crippen MR) is 56.5 cm³/mol. The minimum absolute atomic E-state index is 0.963. The Morgan fingerprint density at radius 1 is 1.43 bits per heavy atom. The second-order valence-corrected chi connectivity index (χ2v) is 15.1. The number of nitroso groups, excluding NO2 is 1. The number of aromatic amines is 1. The normalized spacial score (nSPS) is 17.4. The van der Waals surface area contributed by atoms with Gasteiger partial charge in [-0.3, -0.25) is 0 Å². The van der Waals surface area contributed by atoms with Crippen molar-refractivity contribution in [3.05, 3.63) is 22.7 Å². The Labute approximate surface area is 88.8 Å². The first-order chi connectivity index (χ1) is 6.68. The molecule has 80 valence electrons. The van der Waals surface area contributed by atoms with Gasteiger partial charge in [0.25, 0.3) is 0 Å². The van der Waals surface area contributed by atoms with Gasteiger partial charge in [0.05, 0.1) is 0 Å². The van der Waals surface area contributed by atoms with Crippen LogP contribution in [-0.4, -0.2) is 4.98 Å². The first kappa shape index (κ1) is 11.6. The van der Waals surface area contributed by atoms with E-state index < -0.39 is 16.3 Å². The molecule has 1 heterocycles. The van der Waals surface area contributed by atoms with Gasteiger partial charge in [0.15, 0.2) is 0 Å². The number of aryl methyl sites for hydroxylation is 1. The van der Waals surface area contributed by atoms with Crippen molar-refractivity contribution in [1.82, 2.24) is 4.98 Å². The third kappa shape index (κ3) is 2.14. The van der Waals surface area contributed by atoms with Crippen molar-refractivity contribution in [3.8, 4) is 0 Å². The summed E-state index contributed by atoms with van der Waals surface area (Å²) in [5.41, 5.74) is 1.13. The predicted octanol–water partition coefficient (Wildman–Crippen LogP) is 3.05. The molecule has 0 aromatic carbocycles. The van der Waals surface area contributed by atoms with Gasteiger partial charge >= 0.3 is 88.7 Å². The number of nitrogens with one attached hydrogen (secondary N) is 1. The molecule has 3 nitrogen and oxygen atoms in total. The molecule has 1 atom stereocenters. The topological polar surface area (TPSA) is 45.2 Å². The molecule has 0 bridgehead atoms. The fourth-order valence-electron chi connectivity index (χ4n) is 1.58. The zero-order valence-corrected chi connectivity index (χ0v) is 12.0. The molecule has 1 aromatic heterocycles. The fourth-order valence-corrected chi connectivity index (χ4v) is 10.3. The van der Waals surface area contributed by atoms with Crippen molar-refractivity contribution < 1.29 is 16.3 Å². The Kier molecular flexibility index (Phi) is 4.06.